The third-order valence-electron chi connectivity index (χ3n) is 9.78. The van der Waals surface area contributed by atoms with Gasteiger partial charge in [-0.1, -0.05) is 30.4 Å². The van der Waals surface area contributed by atoms with Crippen LogP contribution in [0, 0.1) is 6.92 Å². The van der Waals surface area contributed by atoms with E-state index in [1.165, 1.54) is 31.4 Å². The van der Waals surface area contributed by atoms with Crippen LogP contribution in [0.1, 0.15) is 63.2 Å². The van der Waals surface area contributed by atoms with E-state index in [-0.39, 0.29) is 54.2 Å². The lowest BCUT2D eigenvalue weighted by Crippen LogP contribution is -2.24. The molecule has 3 aromatic heterocycles. The molecule has 0 saturated heterocycles. The molecule has 9 N–H and O–H groups in total. The van der Waals surface area contributed by atoms with Crippen LogP contribution in [0.3, 0.4) is 0 Å². The Labute approximate surface area is 368 Å². The maximum atomic E-state index is 13.8. The van der Waals surface area contributed by atoms with Crippen molar-refractivity contribution in [1.82, 2.24) is 28.9 Å². The van der Waals surface area contributed by atoms with Crippen LogP contribution in [0.25, 0.3) is 28.1 Å². The second-order valence-corrected chi connectivity index (χ2v) is 14.4. The summed E-state index contributed by atoms with van der Waals surface area (Å²) in [4.78, 5) is 65.9. The number of amides is 4. The van der Waals surface area contributed by atoms with E-state index in [1.54, 1.807) is 46.7 Å². The van der Waals surface area contributed by atoms with E-state index in [9.17, 15) is 19.2 Å². The van der Waals surface area contributed by atoms with Crippen molar-refractivity contribution in [1.29, 1.82) is 0 Å². The first-order valence-electron chi connectivity index (χ1n) is 20.3. The first kappa shape index (κ1) is 45.3. The van der Waals surface area contributed by atoms with E-state index in [0.717, 1.165) is 11.3 Å². The Bertz CT molecular complexity index is 2880. The molecule has 0 saturated carbocycles. The largest absolute Gasteiger partial charge is 0.494 e. The van der Waals surface area contributed by atoms with Crippen molar-refractivity contribution >= 4 is 75.1 Å². The summed E-state index contributed by atoms with van der Waals surface area (Å²) in [6, 6.07) is 15.6. The number of carbonyl (C=O) groups excluding carboxylic acids is 4. The molecule has 0 aliphatic carbocycles. The Balaban J connectivity index is 1.41. The van der Waals surface area contributed by atoms with Gasteiger partial charge in [0.25, 0.3) is 11.8 Å². The number of ether oxygens (including phenoxy) is 2. The molecule has 6 aromatic rings. The Morgan fingerprint density at radius 2 is 1.45 bits per heavy atom. The van der Waals surface area contributed by atoms with Gasteiger partial charge < -0.3 is 41.1 Å². The first-order chi connectivity index (χ1) is 30.7. The molecule has 4 amide bonds. The van der Waals surface area contributed by atoms with Crippen LogP contribution in [0.4, 0.5) is 17.6 Å². The Kier molecular flexibility index (Phi) is 14.2. The van der Waals surface area contributed by atoms with Gasteiger partial charge in [0.2, 0.25) is 23.7 Å². The minimum Gasteiger partial charge on any atom is -0.494 e. The van der Waals surface area contributed by atoms with Crippen LogP contribution in [0.2, 0.25) is 0 Å². The summed E-state index contributed by atoms with van der Waals surface area (Å²) >= 11 is 0. The van der Waals surface area contributed by atoms with Crippen molar-refractivity contribution < 1.29 is 28.7 Å². The molecule has 0 fully saturated rings. The number of hydrogen-bond acceptors (Lipinski definition) is 12. The Morgan fingerprint density at radius 3 is 2.03 bits per heavy atom. The Hall–Kier alpha value is -8.22. The van der Waals surface area contributed by atoms with Gasteiger partial charge in [-0.3, -0.25) is 39.5 Å². The average Bonchev–Trinajstić information content (AvgIpc) is 3.94. The van der Waals surface area contributed by atoms with Crippen molar-refractivity contribution in [3.8, 4) is 11.5 Å². The molecule has 3 heterocycles. The van der Waals surface area contributed by atoms with Crippen molar-refractivity contribution in [2.45, 2.75) is 47.3 Å². The molecule has 0 aliphatic heterocycles. The second-order valence-electron chi connectivity index (χ2n) is 14.4. The van der Waals surface area contributed by atoms with Crippen LogP contribution in [0.5, 0.6) is 11.5 Å². The van der Waals surface area contributed by atoms with Gasteiger partial charge in [-0.05, 0) is 87.9 Å². The molecule has 0 atom stereocenters. The van der Waals surface area contributed by atoms with Crippen LogP contribution in [0.15, 0.2) is 89.6 Å². The zero-order chi connectivity index (χ0) is 46.1. The van der Waals surface area contributed by atoms with Gasteiger partial charge >= 0.3 is 0 Å². The summed E-state index contributed by atoms with van der Waals surface area (Å²) in [6.07, 6.45) is 8.85. The number of aromatic nitrogens is 6. The number of primary amides is 2. The third kappa shape index (κ3) is 10.3. The lowest BCUT2D eigenvalue weighted by molar-refractivity contribution is -0.110. The predicted molar refractivity (Wildman–Crippen MR) is 248 cm³/mol. The highest BCUT2D eigenvalue weighted by atomic mass is 16.5. The van der Waals surface area contributed by atoms with Gasteiger partial charge in [-0.2, -0.15) is 5.10 Å². The Morgan fingerprint density at radius 1 is 0.828 bits per heavy atom. The van der Waals surface area contributed by atoms with E-state index in [0.29, 0.717) is 58.0 Å². The number of allylic oxidation sites excluding steroid dienone is 3. The predicted octanol–water partition coefficient (Wildman–Crippen LogP) is 5.02. The summed E-state index contributed by atoms with van der Waals surface area (Å²) < 4.78 is 17.0. The minimum absolute atomic E-state index is 0.0937. The number of fused-ring (bicyclic) bond motifs is 2. The van der Waals surface area contributed by atoms with Gasteiger partial charge in [0.1, 0.15) is 40.5 Å². The van der Waals surface area contributed by atoms with Crippen molar-refractivity contribution in [3.05, 3.63) is 113 Å². The van der Waals surface area contributed by atoms with Crippen LogP contribution in [-0.2, 0) is 24.4 Å². The summed E-state index contributed by atoms with van der Waals surface area (Å²) in [5.41, 5.74) is 22.6. The molecule has 64 heavy (non-hydrogen) atoms. The first-order valence-corrected chi connectivity index (χ1v) is 20.3. The van der Waals surface area contributed by atoms with Gasteiger partial charge in [-0.25, -0.2) is 9.97 Å². The number of aryl methyl sites for hydroxylation is 2. The van der Waals surface area contributed by atoms with Gasteiger partial charge in [0.05, 0.1) is 23.8 Å². The van der Waals surface area contributed by atoms with Crippen LogP contribution < -0.4 is 42.6 Å². The van der Waals surface area contributed by atoms with Crippen LogP contribution in [-0.4, -0.2) is 85.5 Å². The van der Waals surface area contributed by atoms with Crippen LogP contribution >= 0.6 is 0 Å². The molecule has 3 aromatic carbocycles. The number of rotatable bonds is 19. The molecular weight excluding hydrogens is 819 g/mol. The highest BCUT2D eigenvalue weighted by Gasteiger charge is 2.23. The maximum Gasteiger partial charge on any atom is 0.276 e. The highest BCUT2D eigenvalue weighted by Crippen LogP contribution is 2.33. The number of imidazole rings is 2. The number of anilines is 3. The van der Waals surface area contributed by atoms with E-state index >= 15 is 0 Å². The summed E-state index contributed by atoms with van der Waals surface area (Å²) in [5, 5.41) is 13.3. The lowest BCUT2D eigenvalue weighted by atomic mass is 10.1. The molecule has 6 rings (SSSR count). The van der Waals surface area contributed by atoms with Gasteiger partial charge in [-0.15, -0.1) is 0 Å². The topological polar surface area (TPSA) is 267 Å². The number of hydrogen-bond donors (Lipinski definition) is 6. The molecule has 332 valence electrons. The number of carbonyl (C=O) groups is 4. The smallest absolute Gasteiger partial charge is 0.276 e. The fourth-order valence-corrected chi connectivity index (χ4v) is 6.91. The normalized spacial score (nSPS) is 12.1. The number of nitrogens with two attached hydrogens (primary N) is 3. The standard InChI is InChI=1S/C45H51N13O6/c1-7-50-34(19-26(3)46)42(61)53-44-51-32-22-29(40(47)59)24-36(63-6)38(32)56(44)16-9-10-17-57-39-33(52-45(57)54-43(62)35-20-27(4)55-58(35)8-2)23-30(41(48)60)25-37(39)64-18-12-14-28-13-11-15-31(21-28)49-5/h9-15,19-25,49H,7-8,16-18,46H2,1-6H3,(H2,47,59)(H2,48,60)(H,51,53,61)(H,52,54,62)/b10-9+,14-12+,26-19-,50-34?. The third-order valence-corrected chi connectivity index (χ3v) is 9.78. The number of nitrogens with zero attached hydrogens (tertiary/aromatic N) is 7. The SMILES string of the molecule is CCN=C(/C=C(/C)N)C(=O)Nc1nc2cc(C(N)=O)cc(OC)c2n1C/C=C/Cn1c(NC(=O)c2cc(C)nn2CC)nc2cc(C(N)=O)cc(OC/C=C/c3cccc(NC)c3)c21. The summed E-state index contributed by atoms with van der Waals surface area (Å²) in [6.45, 7) is 8.27. The summed E-state index contributed by atoms with van der Waals surface area (Å²) in [7, 11) is 3.29. The zero-order valence-electron chi connectivity index (χ0n) is 36.4. The zero-order valence-corrected chi connectivity index (χ0v) is 36.4. The number of nitrogens with one attached hydrogen (secondary N) is 3. The number of benzene rings is 3. The number of aliphatic imine (C=N–C) groups is 1. The lowest BCUT2D eigenvalue weighted by Gasteiger charge is -2.13. The molecule has 0 aliphatic rings. The quantitative estimate of drug-likeness (QED) is 0.0465. The molecule has 0 radical (unpaired) electrons. The van der Waals surface area contributed by atoms with Gasteiger partial charge in [0.15, 0.2) is 0 Å². The van der Waals surface area contributed by atoms with Crippen molar-refractivity contribution in [3.63, 3.8) is 0 Å². The fourth-order valence-electron chi connectivity index (χ4n) is 6.91. The number of methoxy groups -OCH3 is 1. The van der Waals surface area contributed by atoms with E-state index in [2.05, 4.69) is 31.0 Å². The fraction of sp³-hybridized carbons (Fsp3) is 0.244. The molecule has 19 heteroatoms. The summed E-state index contributed by atoms with van der Waals surface area (Å²) in [5.74, 6) is -1.53. The maximum absolute atomic E-state index is 13.8. The van der Waals surface area contributed by atoms with E-state index in [1.807, 2.05) is 62.5 Å². The molecule has 0 unspecified atom stereocenters. The highest BCUT2D eigenvalue weighted by molar-refractivity contribution is 6.47. The molecule has 0 bridgehead atoms. The minimum atomic E-state index is -0.690. The van der Waals surface area contributed by atoms with E-state index in [4.69, 9.17) is 31.7 Å². The monoisotopic (exact) mass is 869 g/mol. The van der Waals surface area contributed by atoms with Gasteiger partial charge in [0, 0.05) is 55.7 Å². The average molecular weight is 870 g/mol. The molecular formula is C45H51N13O6. The molecule has 19 nitrogen and oxygen atoms in total. The van der Waals surface area contributed by atoms with Crippen molar-refractivity contribution in [2.75, 3.05) is 43.3 Å². The van der Waals surface area contributed by atoms with Crippen molar-refractivity contribution in [2.24, 2.45) is 22.2 Å². The second kappa shape index (κ2) is 20.1. The molecule has 0 spiro atoms. The van der Waals surface area contributed by atoms with E-state index < -0.39 is 23.6 Å².